The van der Waals surface area contributed by atoms with Crippen LogP contribution >= 0.6 is 0 Å². The van der Waals surface area contributed by atoms with Crippen LogP contribution in [0.25, 0.3) is 0 Å². The summed E-state index contributed by atoms with van der Waals surface area (Å²) < 4.78 is 0. The summed E-state index contributed by atoms with van der Waals surface area (Å²) in [5.41, 5.74) is 6.04. The summed E-state index contributed by atoms with van der Waals surface area (Å²) in [6.07, 6.45) is 5.36. The van der Waals surface area contributed by atoms with Gasteiger partial charge in [0.25, 0.3) is 5.56 Å². The van der Waals surface area contributed by atoms with Gasteiger partial charge in [-0.15, -0.1) is 0 Å². The third-order valence-corrected chi connectivity index (χ3v) is 6.55. The lowest BCUT2D eigenvalue weighted by Crippen LogP contribution is -2.44. The molecule has 0 radical (unpaired) electrons. The van der Waals surface area contributed by atoms with Crippen molar-refractivity contribution < 1.29 is 24.6 Å². The first-order chi connectivity index (χ1) is 15.2. The standard InChI is InChI=1S/C21H31N5O6/c22-21-25-17-14(19(30)26-21)9-12(10-23-17)2-1-11-3-5-13(6-4-11)18(29)24-15(20(31)32)7-8-16(27)28/h11-13,15H,1-10H2,(H,24,29)(H,27,28)(H,31,32)(H4,22,23,25,26,30)/t11?,12-,13?,15+/m1/s1. The van der Waals surface area contributed by atoms with E-state index in [0.29, 0.717) is 42.5 Å². The van der Waals surface area contributed by atoms with Crippen LogP contribution < -0.4 is 21.9 Å². The Morgan fingerprint density at radius 1 is 1.12 bits per heavy atom. The number of aliphatic carboxylic acids is 2. The Morgan fingerprint density at radius 2 is 1.81 bits per heavy atom. The normalized spacial score (nSPS) is 23.4. The topological polar surface area (TPSA) is 187 Å². The lowest BCUT2D eigenvalue weighted by molar-refractivity contribution is -0.144. The predicted octanol–water partition coefficient (Wildman–Crippen LogP) is 0.957. The number of rotatable bonds is 9. The molecule has 11 nitrogen and oxygen atoms in total. The second-order valence-electron chi connectivity index (χ2n) is 8.86. The Morgan fingerprint density at radius 3 is 2.47 bits per heavy atom. The van der Waals surface area contributed by atoms with E-state index < -0.39 is 18.0 Å². The fraction of sp³-hybridized carbons (Fsp3) is 0.667. The van der Waals surface area contributed by atoms with E-state index in [2.05, 4.69) is 20.6 Å². The molecule has 1 aliphatic carbocycles. The molecule has 0 unspecified atom stereocenters. The van der Waals surface area contributed by atoms with Crippen LogP contribution in [0.4, 0.5) is 11.8 Å². The third kappa shape index (κ3) is 6.21. The van der Waals surface area contributed by atoms with Crippen molar-refractivity contribution in [1.82, 2.24) is 15.3 Å². The van der Waals surface area contributed by atoms with Crippen molar-refractivity contribution in [1.29, 1.82) is 0 Å². The minimum atomic E-state index is -1.22. The molecule has 0 aromatic carbocycles. The first-order valence-electron chi connectivity index (χ1n) is 11.1. The quantitative estimate of drug-likeness (QED) is 0.319. The van der Waals surface area contributed by atoms with Crippen molar-refractivity contribution >= 4 is 29.6 Å². The molecule has 11 heteroatoms. The number of H-pyrrole nitrogens is 1. The molecule has 176 valence electrons. The summed E-state index contributed by atoms with van der Waals surface area (Å²) in [7, 11) is 0. The van der Waals surface area contributed by atoms with Crippen LogP contribution in [0, 0.1) is 17.8 Å². The summed E-state index contributed by atoms with van der Waals surface area (Å²) in [6.45, 7) is 0.744. The minimum absolute atomic E-state index is 0.108. The number of anilines is 2. The molecule has 0 spiro atoms. The summed E-state index contributed by atoms with van der Waals surface area (Å²) in [5, 5.41) is 23.7. The van der Waals surface area contributed by atoms with Crippen molar-refractivity contribution in [3.63, 3.8) is 0 Å². The molecule has 32 heavy (non-hydrogen) atoms. The number of amides is 1. The number of nitrogens with two attached hydrogens (primary N) is 1. The number of aromatic amines is 1. The Kier molecular flexibility index (Phi) is 7.70. The zero-order valence-electron chi connectivity index (χ0n) is 17.9. The lowest BCUT2D eigenvalue weighted by Gasteiger charge is -2.30. The molecule has 1 aromatic rings. The number of nitrogens with one attached hydrogen (secondary N) is 3. The van der Waals surface area contributed by atoms with E-state index in [-0.39, 0.29) is 36.2 Å². The number of nitrogen functional groups attached to an aromatic ring is 1. The number of hydrogen-bond donors (Lipinski definition) is 6. The predicted molar refractivity (Wildman–Crippen MR) is 116 cm³/mol. The van der Waals surface area contributed by atoms with Crippen LogP contribution in [-0.2, 0) is 20.8 Å². The largest absolute Gasteiger partial charge is 0.481 e. The summed E-state index contributed by atoms with van der Waals surface area (Å²) in [6, 6.07) is -1.18. The molecule has 2 atom stereocenters. The van der Waals surface area contributed by atoms with Crippen molar-refractivity contribution in [2.75, 3.05) is 17.6 Å². The lowest BCUT2D eigenvalue weighted by atomic mass is 9.78. The highest BCUT2D eigenvalue weighted by atomic mass is 16.4. The minimum Gasteiger partial charge on any atom is -0.481 e. The van der Waals surface area contributed by atoms with Gasteiger partial charge in [0, 0.05) is 18.9 Å². The van der Waals surface area contributed by atoms with E-state index in [4.69, 9.17) is 10.8 Å². The fourth-order valence-corrected chi connectivity index (χ4v) is 4.66. The van der Waals surface area contributed by atoms with Crippen LogP contribution in [0.3, 0.4) is 0 Å². The van der Waals surface area contributed by atoms with Gasteiger partial charge < -0.3 is 26.6 Å². The number of nitrogens with zero attached hydrogens (tertiary/aromatic N) is 1. The van der Waals surface area contributed by atoms with Gasteiger partial charge in [0.1, 0.15) is 11.9 Å². The molecule has 2 aliphatic rings. The molecule has 2 heterocycles. The molecule has 1 fully saturated rings. The average molecular weight is 450 g/mol. The molecule has 7 N–H and O–H groups in total. The molecule has 0 saturated heterocycles. The Balaban J connectivity index is 1.42. The van der Waals surface area contributed by atoms with Crippen molar-refractivity contribution in [3.8, 4) is 0 Å². The number of carboxylic acids is 2. The summed E-state index contributed by atoms with van der Waals surface area (Å²) in [5.74, 6) is -1.35. The maximum atomic E-state index is 12.5. The monoisotopic (exact) mass is 449 g/mol. The number of aromatic nitrogens is 2. The maximum absolute atomic E-state index is 12.5. The molecule has 1 aromatic heterocycles. The van der Waals surface area contributed by atoms with Gasteiger partial charge in [-0.25, -0.2) is 4.79 Å². The van der Waals surface area contributed by atoms with E-state index in [9.17, 15) is 24.3 Å². The average Bonchev–Trinajstić information content (AvgIpc) is 2.75. The van der Waals surface area contributed by atoms with Crippen molar-refractivity contribution in [2.24, 2.45) is 17.8 Å². The Labute approximate surface area is 185 Å². The number of carboxylic acid groups (broad SMARTS) is 2. The summed E-state index contributed by atoms with van der Waals surface area (Å²) in [4.78, 5) is 53.2. The third-order valence-electron chi connectivity index (χ3n) is 6.55. The van der Waals surface area contributed by atoms with E-state index >= 15 is 0 Å². The molecule has 3 rings (SSSR count). The van der Waals surface area contributed by atoms with Gasteiger partial charge >= 0.3 is 11.9 Å². The first-order valence-corrected chi connectivity index (χ1v) is 11.1. The Bertz CT molecular complexity index is 908. The van der Waals surface area contributed by atoms with Gasteiger partial charge in [-0.1, -0.05) is 6.42 Å². The smallest absolute Gasteiger partial charge is 0.326 e. The molecule has 1 aliphatic heterocycles. The SMILES string of the molecule is Nc1nc2c(c(=O)[nH]1)C[C@@H](CCC1CCC(C(=O)N[C@@H](CCC(=O)O)C(=O)O)CC1)CN2. The van der Waals surface area contributed by atoms with Gasteiger partial charge in [-0.05, 0) is 56.8 Å². The van der Waals surface area contributed by atoms with Crippen molar-refractivity contribution in [2.45, 2.75) is 63.8 Å². The van der Waals surface area contributed by atoms with Gasteiger partial charge in [-0.3, -0.25) is 19.4 Å². The van der Waals surface area contributed by atoms with Gasteiger partial charge in [0.05, 0.1) is 5.56 Å². The van der Waals surface area contributed by atoms with E-state index in [1.807, 2.05) is 0 Å². The van der Waals surface area contributed by atoms with E-state index in [1.165, 1.54) is 0 Å². The van der Waals surface area contributed by atoms with Crippen LogP contribution in [0.2, 0.25) is 0 Å². The van der Waals surface area contributed by atoms with E-state index in [0.717, 1.165) is 32.2 Å². The maximum Gasteiger partial charge on any atom is 0.326 e. The van der Waals surface area contributed by atoms with Crippen LogP contribution in [0.5, 0.6) is 0 Å². The zero-order chi connectivity index (χ0) is 23.3. The molecular formula is C21H31N5O6. The molecule has 1 amide bonds. The first kappa shape index (κ1) is 23.6. The van der Waals surface area contributed by atoms with Crippen LogP contribution in [-0.4, -0.2) is 50.6 Å². The number of carbonyl (C=O) groups excluding carboxylic acids is 1. The highest BCUT2D eigenvalue weighted by Crippen LogP contribution is 2.34. The van der Waals surface area contributed by atoms with E-state index in [1.54, 1.807) is 0 Å². The number of hydrogen-bond acceptors (Lipinski definition) is 7. The molecular weight excluding hydrogens is 418 g/mol. The Hall–Kier alpha value is -3.11. The van der Waals surface area contributed by atoms with Gasteiger partial charge in [0.2, 0.25) is 11.9 Å². The second kappa shape index (κ2) is 10.5. The number of carbonyl (C=O) groups is 3. The highest BCUT2D eigenvalue weighted by Gasteiger charge is 2.30. The zero-order valence-corrected chi connectivity index (χ0v) is 17.9. The second-order valence-corrected chi connectivity index (χ2v) is 8.86. The van der Waals surface area contributed by atoms with Gasteiger partial charge in [0.15, 0.2) is 0 Å². The van der Waals surface area contributed by atoms with Crippen molar-refractivity contribution in [3.05, 3.63) is 15.9 Å². The number of fused-ring (bicyclic) bond motifs is 1. The highest BCUT2D eigenvalue weighted by molar-refractivity contribution is 5.85. The molecule has 0 bridgehead atoms. The molecule has 1 saturated carbocycles. The van der Waals surface area contributed by atoms with Gasteiger partial charge in [-0.2, -0.15) is 4.98 Å². The van der Waals surface area contributed by atoms with Crippen LogP contribution in [0.1, 0.15) is 56.9 Å². The fourth-order valence-electron chi connectivity index (χ4n) is 4.66. The van der Waals surface area contributed by atoms with Crippen LogP contribution in [0.15, 0.2) is 4.79 Å². The summed E-state index contributed by atoms with van der Waals surface area (Å²) >= 11 is 0.